The van der Waals surface area contributed by atoms with Crippen molar-refractivity contribution in [2.75, 3.05) is 0 Å². The lowest BCUT2D eigenvalue weighted by atomic mass is 10.2. The first-order valence-electron chi connectivity index (χ1n) is 7.03. The minimum absolute atomic E-state index is 0.299. The SMILES string of the molecule is Cc1noc(C)c1COc1cc(F)cc(CNC(C)C)c1. The number of rotatable bonds is 6. The van der Waals surface area contributed by atoms with Crippen molar-refractivity contribution in [2.45, 2.75) is 46.9 Å². The van der Waals surface area contributed by atoms with Crippen molar-refractivity contribution >= 4 is 0 Å². The summed E-state index contributed by atoms with van der Waals surface area (Å²) in [4.78, 5) is 0. The molecule has 0 radical (unpaired) electrons. The number of ether oxygens (including phenoxy) is 1. The van der Waals surface area contributed by atoms with Gasteiger partial charge in [0, 0.05) is 18.7 Å². The summed E-state index contributed by atoms with van der Waals surface area (Å²) in [6, 6.07) is 5.09. The van der Waals surface area contributed by atoms with E-state index < -0.39 is 0 Å². The minimum atomic E-state index is -0.299. The summed E-state index contributed by atoms with van der Waals surface area (Å²) >= 11 is 0. The van der Waals surface area contributed by atoms with Crippen molar-refractivity contribution in [2.24, 2.45) is 0 Å². The molecule has 1 heterocycles. The first-order valence-corrected chi connectivity index (χ1v) is 7.03. The molecule has 0 aliphatic rings. The fraction of sp³-hybridized carbons (Fsp3) is 0.438. The maximum Gasteiger partial charge on any atom is 0.140 e. The van der Waals surface area contributed by atoms with Crippen LogP contribution in [0.25, 0.3) is 0 Å². The molecule has 1 aromatic heterocycles. The Bertz CT molecular complexity index is 589. The van der Waals surface area contributed by atoms with Crippen molar-refractivity contribution in [1.82, 2.24) is 10.5 Å². The highest BCUT2D eigenvalue weighted by Gasteiger charge is 2.10. The number of halogens is 1. The minimum Gasteiger partial charge on any atom is -0.489 e. The molecule has 0 saturated heterocycles. The smallest absolute Gasteiger partial charge is 0.140 e. The van der Waals surface area contributed by atoms with Gasteiger partial charge in [0.25, 0.3) is 0 Å². The van der Waals surface area contributed by atoms with Gasteiger partial charge in [0.1, 0.15) is 23.9 Å². The molecule has 114 valence electrons. The van der Waals surface area contributed by atoms with E-state index in [1.807, 2.05) is 33.8 Å². The normalized spacial score (nSPS) is 11.1. The quantitative estimate of drug-likeness (QED) is 0.885. The van der Waals surface area contributed by atoms with Crippen molar-refractivity contribution in [1.29, 1.82) is 0 Å². The van der Waals surface area contributed by atoms with E-state index in [0.717, 1.165) is 22.6 Å². The van der Waals surface area contributed by atoms with Gasteiger partial charge in [-0.25, -0.2) is 4.39 Å². The standard InChI is InChI=1S/C16H21FN2O2/c1-10(2)18-8-13-5-14(17)7-15(6-13)20-9-16-11(3)19-21-12(16)4/h5-7,10,18H,8-9H2,1-4H3. The lowest BCUT2D eigenvalue weighted by Gasteiger charge is -2.11. The van der Waals surface area contributed by atoms with Gasteiger partial charge < -0.3 is 14.6 Å². The molecule has 2 rings (SSSR count). The van der Waals surface area contributed by atoms with Crippen LogP contribution in [0.1, 0.15) is 36.4 Å². The average Bonchev–Trinajstić information content (AvgIpc) is 2.73. The number of benzene rings is 1. The second-order valence-corrected chi connectivity index (χ2v) is 5.42. The van der Waals surface area contributed by atoms with E-state index in [4.69, 9.17) is 9.26 Å². The summed E-state index contributed by atoms with van der Waals surface area (Å²) in [5, 5.41) is 7.13. The van der Waals surface area contributed by atoms with Gasteiger partial charge in [0.05, 0.1) is 11.3 Å². The van der Waals surface area contributed by atoms with Crippen molar-refractivity contribution in [3.63, 3.8) is 0 Å². The molecular weight excluding hydrogens is 271 g/mol. The van der Waals surface area contributed by atoms with E-state index in [9.17, 15) is 4.39 Å². The Morgan fingerprint density at radius 2 is 2.05 bits per heavy atom. The van der Waals surface area contributed by atoms with Gasteiger partial charge in [-0.1, -0.05) is 19.0 Å². The molecule has 0 spiro atoms. The highest BCUT2D eigenvalue weighted by molar-refractivity contribution is 5.30. The fourth-order valence-electron chi connectivity index (χ4n) is 1.99. The molecular formula is C16H21FN2O2. The Morgan fingerprint density at radius 3 is 2.67 bits per heavy atom. The fourth-order valence-corrected chi connectivity index (χ4v) is 1.99. The van der Waals surface area contributed by atoms with E-state index in [0.29, 0.717) is 24.9 Å². The van der Waals surface area contributed by atoms with Crippen molar-refractivity contribution in [3.8, 4) is 5.75 Å². The molecule has 1 aromatic carbocycles. The second kappa shape index (κ2) is 6.72. The van der Waals surface area contributed by atoms with E-state index in [2.05, 4.69) is 10.5 Å². The van der Waals surface area contributed by atoms with Crippen LogP contribution in [0.3, 0.4) is 0 Å². The van der Waals surface area contributed by atoms with Gasteiger partial charge in [-0.15, -0.1) is 0 Å². The van der Waals surface area contributed by atoms with Crippen LogP contribution in [0.2, 0.25) is 0 Å². The van der Waals surface area contributed by atoms with E-state index in [1.165, 1.54) is 12.1 Å². The van der Waals surface area contributed by atoms with Gasteiger partial charge in [0.2, 0.25) is 0 Å². The van der Waals surface area contributed by atoms with Gasteiger partial charge in [-0.2, -0.15) is 0 Å². The largest absolute Gasteiger partial charge is 0.489 e. The number of aryl methyl sites for hydroxylation is 2. The summed E-state index contributed by atoms with van der Waals surface area (Å²) in [6.45, 7) is 8.72. The average molecular weight is 292 g/mol. The van der Waals surface area contributed by atoms with Crippen LogP contribution in [0.4, 0.5) is 4.39 Å². The van der Waals surface area contributed by atoms with Crippen LogP contribution in [-0.2, 0) is 13.2 Å². The zero-order valence-corrected chi connectivity index (χ0v) is 12.9. The molecule has 0 amide bonds. The predicted molar refractivity (Wildman–Crippen MR) is 78.7 cm³/mol. The Hall–Kier alpha value is -1.88. The van der Waals surface area contributed by atoms with Crippen LogP contribution in [0, 0.1) is 19.7 Å². The monoisotopic (exact) mass is 292 g/mol. The first kappa shape index (κ1) is 15.5. The molecule has 0 atom stereocenters. The van der Waals surface area contributed by atoms with Crippen LogP contribution >= 0.6 is 0 Å². The molecule has 2 aromatic rings. The molecule has 0 saturated carbocycles. The predicted octanol–water partition coefficient (Wildman–Crippen LogP) is 3.51. The number of aromatic nitrogens is 1. The van der Waals surface area contributed by atoms with Crippen LogP contribution in [0.5, 0.6) is 5.75 Å². The number of hydrogen-bond acceptors (Lipinski definition) is 4. The summed E-state index contributed by atoms with van der Waals surface area (Å²) in [6.07, 6.45) is 0. The molecule has 0 unspecified atom stereocenters. The van der Waals surface area contributed by atoms with Crippen LogP contribution in [-0.4, -0.2) is 11.2 Å². The van der Waals surface area contributed by atoms with Gasteiger partial charge in [-0.05, 0) is 31.5 Å². The Morgan fingerprint density at radius 1 is 1.29 bits per heavy atom. The van der Waals surface area contributed by atoms with Gasteiger partial charge in [0.15, 0.2) is 0 Å². The molecule has 21 heavy (non-hydrogen) atoms. The first-order chi connectivity index (χ1) is 9.95. The van der Waals surface area contributed by atoms with Crippen molar-refractivity contribution in [3.05, 3.63) is 46.6 Å². The van der Waals surface area contributed by atoms with Gasteiger partial charge in [-0.3, -0.25) is 0 Å². The zero-order chi connectivity index (χ0) is 15.4. The van der Waals surface area contributed by atoms with Gasteiger partial charge >= 0.3 is 0 Å². The third kappa shape index (κ3) is 4.29. The molecule has 5 heteroatoms. The third-order valence-electron chi connectivity index (χ3n) is 3.21. The molecule has 0 bridgehead atoms. The van der Waals surface area contributed by atoms with Crippen molar-refractivity contribution < 1.29 is 13.7 Å². The van der Waals surface area contributed by atoms with E-state index >= 15 is 0 Å². The summed E-state index contributed by atoms with van der Waals surface area (Å²) in [5.74, 6) is 0.938. The third-order valence-corrected chi connectivity index (χ3v) is 3.21. The summed E-state index contributed by atoms with van der Waals surface area (Å²) in [7, 11) is 0. The summed E-state index contributed by atoms with van der Waals surface area (Å²) < 4.78 is 24.4. The second-order valence-electron chi connectivity index (χ2n) is 5.42. The summed E-state index contributed by atoms with van der Waals surface area (Å²) in [5.41, 5.74) is 2.56. The number of nitrogens with zero attached hydrogens (tertiary/aromatic N) is 1. The molecule has 4 nitrogen and oxygen atoms in total. The molecule has 0 aliphatic heterocycles. The highest BCUT2D eigenvalue weighted by atomic mass is 19.1. The topological polar surface area (TPSA) is 47.3 Å². The lowest BCUT2D eigenvalue weighted by molar-refractivity contribution is 0.299. The molecule has 0 aliphatic carbocycles. The molecule has 0 fully saturated rings. The number of nitrogens with one attached hydrogen (secondary N) is 1. The van der Waals surface area contributed by atoms with Crippen LogP contribution in [0.15, 0.2) is 22.7 Å². The molecule has 1 N–H and O–H groups in total. The Kier molecular flexibility index (Phi) is 4.96. The zero-order valence-electron chi connectivity index (χ0n) is 12.9. The number of hydrogen-bond donors (Lipinski definition) is 1. The Labute approximate surface area is 124 Å². The maximum atomic E-state index is 13.6. The van der Waals surface area contributed by atoms with E-state index in [1.54, 1.807) is 0 Å². The lowest BCUT2D eigenvalue weighted by Crippen LogP contribution is -2.21. The van der Waals surface area contributed by atoms with Crippen LogP contribution < -0.4 is 10.1 Å². The van der Waals surface area contributed by atoms with E-state index in [-0.39, 0.29) is 5.82 Å². The maximum absolute atomic E-state index is 13.6. The Balaban J connectivity index is 2.06. The highest BCUT2D eigenvalue weighted by Crippen LogP contribution is 2.20.